The summed E-state index contributed by atoms with van der Waals surface area (Å²) in [4.78, 5) is 39.9. The van der Waals surface area contributed by atoms with Gasteiger partial charge >= 0.3 is 0 Å². The number of carbonyl (C=O) groups excluding carboxylic acids is 1. The number of halogens is 1. The number of nitro benzene ring substituents is 1. The molecule has 2 aliphatic heterocycles. The molecule has 1 aliphatic carbocycles. The van der Waals surface area contributed by atoms with Crippen molar-refractivity contribution in [3.8, 4) is 11.5 Å². The first-order chi connectivity index (χ1) is 31.0. The van der Waals surface area contributed by atoms with E-state index >= 15 is 0 Å². The molecule has 0 radical (unpaired) electrons. The SMILES string of the molecule is C=P1(C)CCN(CCCCc2ccc(S(=O)(=O)NC(=O)c3ccc(N4CCN(CC5=C(c6ccc(Cl)cc6)CC(C)(C)CC5)CC4)cc3Oc3cnc4[nH]ccc4c3)cc2[N+](=O)[O-])CC1. The maximum absolute atomic E-state index is 14.0. The first kappa shape index (κ1) is 46.5. The average molecular weight is 941 g/mol. The van der Waals surface area contributed by atoms with Gasteiger partial charge in [-0.15, -0.1) is 13.2 Å². The number of pyridine rings is 1. The number of piperazine rings is 1. The Morgan fingerprint density at radius 3 is 2.48 bits per heavy atom. The third-order valence-corrected chi connectivity index (χ3v) is 17.4. The Morgan fingerprint density at radius 1 is 0.985 bits per heavy atom. The van der Waals surface area contributed by atoms with Crippen molar-refractivity contribution in [3.63, 3.8) is 0 Å². The molecule has 8 rings (SSSR count). The van der Waals surface area contributed by atoms with Crippen molar-refractivity contribution in [2.24, 2.45) is 5.41 Å². The maximum Gasteiger partial charge on any atom is 0.273 e. The van der Waals surface area contributed by atoms with Gasteiger partial charge in [0.25, 0.3) is 21.6 Å². The Balaban J connectivity index is 0.968. The largest absolute Gasteiger partial charge is 0.455 e. The number of anilines is 1. The van der Waals surface area contributed by atoms with Crippen molar-refractivity contribution < 1.29 is 22.9 Å². The summed E-state index contributed by atoms with van der Waals surface area (Å²) >= 11 is 6.25. The summed E-state index contributed by atoms with van der Waals surface area (Å²) in [6, 6.07) is 20.8. The lowest BCUT2D eigenvalue weighted by Gasteiger charge is -2.39. The highest BCUT2D eigenvalue weighted by Crippen LogP contribution is 2.44. The van der Waals surface area contributed by atoms with Crippen LogP contribution in [0.3, 0.4) is 0 Å². The van der Waals surface area contributed by atoms with Crippen LogP contribution in [0.25, 0.3) is 16.6 Å². The van der Waals surface area contributed by atoms with Crippen LogP contribution in [0, 0.1) is 15.5 Å². The number of hydrogen-bond acceptors (Lipinski definition) is 10. The summed E-state index contributed by atoms with van der Waals surface area (Å²) < 4.78 is 36.0. The number of nitrogens with zero attached hydrogens (tertiary/aromatic N) is 5. The molecular formula is C49H59ClN7O6PS. The van der Waals surface area contributed by atoms with Crippen LogP contribution in [0.5, 0.6) is 11.5 Å². The predicted octanol–water partition coefficient (Wildman–Crippen LogP) is 9.54. The molecule has 0 spiro atoms. The Hall–Kier alpha value is -4.98. The van der Waals surface area contributed by atoms with E-state index in [0.29, 0.717) is 23.4 Å². The lowest BCUT2D eigenvalue weighted by molar-refractivity contribution is -0.385. The predicted molar refractivity (Wildman–Crippen MR) is 264 cm³/mol. The molecule has 2 saturated heterocycles. The van der Waals surface area contributed by atoms with Crippen LogP contribution in [0.15, 0.2) is 95.7 Å². The first-order valence-electron chi connectivity index (χ1n) is 22.5. The van der Waals surface area contributed by atoms with Crippen LogP contribution in [-0.4, -0.2) is 117 Å². The minimum absolute atomic E-state index is 0.0199. The summed E-state index contributed by atoms with van der Waals surface area (Å²) in [5, 5.41) is 13.7. The van der Waals surface area contributed by atoms with E-state index in [1.165, 1.54) is 35.0 Å². The Kier molecular flexibility index (Phi) is 13.9. The van der Waals surface area contributed by atoms with E-state index < -0.39 is 27.7 Å². The van der Waals surface area contributed by atoms with Crippen molar-refractivity contribution in [2.75, 3.05) is 76.2 Å². The average Bonchev–Trinajstić information content (AvgIpc) is 3.75. The van der Waals surface area contributed by atoms with E-state index in [2.05, 4.69) is 68.3 Å². The van der Waals surface area contributed by atoms with Gasteiger partial charge < -0.3 is 19.5 Å². The summed E-state index contributed by atoms with van der Waals surface area (Å²) in [5.41, 5.74) is 5.98. The number of hydrogen-bond donors (Lipinski definition) is 2. The topological polar surface area (TPSA) is 154 Å². The van der Waals surface area contributed by atoms with Gasteiger partial charge in [-0.25, -0.2) is 18.1 Å². The second kappa shape index (κ2) is 19.5. The number of unbranched alkanes of at least 4 members (excludes halogenated alkanes) is 1. The number of allylic oxidation sites excluding steroid dienone is 1. The maximum atomic E-state index is 14.0. The number of carbonyl (C=O) groups is 1. The molecule has 0 saturated carbocycles. The molecule has 2 N–H and O–H groups in total. The van der Waals surface area contributed by atoms with Crippen LogP contribution in [-0.2, 0) is 16.4 Å². The van der Waals surface area contributed by atoms with Crippen molar-refractivity contribution >= 4 is 68.7 Å². The van der Waals surface area contributed by atoms with Gasteiger partial charge in [0.2, 0.25) is 0 Å². The highest BCUT2D eigenvalue weighted by atomic mass is 35.5. The molecule has 344 valence electrons. The van der Waals surface area contributed by atoms with E-state index in [-0.39, 0.29) is 27.3 Å². The number of fused-ring (bicyclic) bond motifs is 1. The minimum Gasteiger partial charge on any atom is -0.455 e. The number of H-pyrrole nitrogens is 1. The number of aromatic amines is 1. The highest BCUT2D eigenvalue weighted by molar-refractivity contribution is 7.90. The molecule has 13 nitrogen and oxygen atoms in total. The standard InChI is InChI=1S/C49H59ClN7O6PS/c1-49(2)18-16-38(44(32-49)35-8-11-39(50)12-9-35)34-55-21-23-56(24-22-55)40-13-15-43(46(30-40)63-41-29-37-17-19-51-47(37)52-33-41)48(58)53-65(61,62)42-14-10-36(45(31-42)57(59)60)7-5-6-20-54-25-27-64(3,4)28-26-54/h8-15,17,19,29-31,33H,3,5-7,16,18,20-28,32,34H2,1-2,4H3,(H,51,52)(H,53,58). The number of aromatic nitrogens is 2. The van der Waals surface area contributed by atoms with Crippen LogP contribution < -0.4 is 14.4 Å². The zero-order chi connectivity index (χ0) is 45.9. The molecular weight excluding hydrogens is 881 g/mol. The normalized spacial score (nSPS) is 18.2. The number of sulfonamides is 1. The number of benzene rings is 3. The molecule has 2 fully saturated rings. The fourth-order valence-electron chi connectivity index (χ4n) is 9.17. The van der Waals surface area contributed by atoms with Gasteiger partial charge in [-0.2, -0.15) is 0 Å². The fourth-order valence-corrected chi connectivity index (χ4v) is 12.0. The van der Waals surface area contributed by atoms with Crippen LogP contribution in [0.1, 0.15) is 67.4 Å². The Labute approximate surface area is 387 Å². The molecule has 2 aromatic heterocycles. The Morgan fingerprint density at radius 2 is 1.74 bits per heavy atom. The molecule has 0 unspecified atom stereocenters. The monoisotopic (exact) mass is 939 g/mol. The highest BCUT2D eigenvalue weighted by Gasteiger charge is 2.31. The Bertz CT molecular complexity index is 2750. The number of nitrogens with one attached hydrogen (secondary N) is 2. The van der Waals surface area contributed by atoms with Gasteiger partial charge in [0.15, 0.2) is 0 Å². The van der Waals surface area contributed by atoms with Crippen LogP contribution in [0.2, 0.25) is 5.02 Å². The summed E-state index contributed by atoms with van der Waals surface area (Å²) in [6.45, 7) is 12.9. The van der Waals surface area contributed by atoms with Gasteiger partial charge in [0.05, 0.1) is 21.6 Å². The van der Waals surface area contributed by atoms with Crippen molar-refractivity contribution in [3.05, 3.63) is 123 Å². The van der Waals surface area contributed by atoms with E-state index in [1.807, 2.05) is 18.2 Å². The zero-order valence-corrected chi connectivity index (χ0v) is 40.0. The minimum atomic E-state index is -4.53. The van der Waals surface area contributed by atoms with Gasteiger partial charge in [-0.3, -0.25) is 19.8 Å². The molecule has 16 heteroatoms. The molecule has 65 heavy (non-hydrogen) atoms. The van der Waals surface area contributed by atoms with E-state index in [0.717, 1.165) is 119 Å². The fraction of sp³-hybridized carbons (Fsp3) is 0.408. The molecule has 3 aromatic carbocycles. The second-order valence-corrected chi connectivity index (χ2v) is 25.2. The molecule has 5 aromatic rings. The first-order valence-corrected chi connectivity index (χ1v) is 27.1. The number of rotatable bonds is 15. The molecule has 0 bridgehead atoms. The molecule has 4 heterocycles. The number of ether oxygens (including phenoxy) is 1. The summed E-state index contributed by atoms with van der Waals surface area (Å²) in [6.07, 6.45) is 15.2. The molecule has 3 aliphatic rings. The van der Waals surface area contributed by atoms with Gasteiger partial charge in [-0.1, -0.05) is 49.2 Å². The van der Waals surface area contributed by atoms with Crippen LogP contribution in [0.4, 0.5) is 11.4 Å². The third kappa shape index (κ3) is 11.5. The molecule has 1 amide bonds. The summed E-state index contributed by atoms with van der Waals surface area (Å²) in [7, 11) is -4.53. The third-order valence-electron chi connectivity index (χ3n) is 13.2. The number of nitro groups is 1. The molecule has 0 atom stereocenters. The van der Waals surface area contributed by atoms with Crippen LogP contribution >= 0.6 is 18.5 Å². The van der Waals surface area contributed by atoms with Crippen molar-refractivity contribution in [2.45, 2.75) is 57.3 Å². The van der Waals surface area contributed by atoms with E-state index in [4.69, 9.17) is 16.3 Å². The summed E-state index contributed by atoms with van der Waals surface area (Å²) in [5.74, 6) is -0.427. The zero-order valence-electron chi connectivity index (χ0n) is 37.5. The van der Waals surface area contributed by atoms with E-state index in [9.17, 15) is 23.3 Å². The van der Waals surface area contributed by atoms with Gasteiger partial charge in [0, 0.05) is 85.8 Å². The smallest absolute Gasteiger partial charge is 0.273 e. The lowest BCUT2D eigenvalue weighted by atomic mass is 9.72. The van der Waals surface area contributed by atoms with Crippen molar-refractivity contribution in [1.29, 1.82) is 0 Å². The quantitative estimate of drug-likeness (QED) is 0.0449. The van der Waals surface area contributed by atoms with Crippen molar-refractivity contribution in [1.82, 2.24) is 24.5 Å². The van der Waals surface area contributed by atoms with Gasteiger partial charge in [-0.05, 0) is 123 Å². The number of aryl methyl sites for hydroxylation is 1. The van der Waals surface area contributed by atoms with E-state index in [1.54, 1.807) is 30.5 Å². The number of amides is 1. The lowest BCUT2D eigenvalue weighted by Crippen LogP contribution is -2.47. The second-order valence-electron chi connectivity index (χ2n) is 18.9. The van der Waals surface area contributed by atoms with Gasteiger partial charge in [0.1, 0.15) is 17.1 Å².